The average molecular weight is 464 g/mol. The van der Waals surface area contributed by atoms with Crippen LogP contribution in [0.3, 0.4) is 0 Å². The topological polar surface area (TPSA) is 95.7 Å². The van der Waals surface area contributed by atoms with Crippen LogP contribution in [-0.4, -0.2) is 33.2 Å². The second kappa shape index (κ2) is 8.76. The molecule has 0 aliphatic heterocycles. The van der Waals surface area contributed by atoms with Crippen LogP contribution in [0.25, 0.3) is 22.3 Å². The van der Waals surface area contributed by atoms with E-state index in [0.717, 1.165) is 65.1 Å². The number of aromatic amines is 2. The number of carbonyl (C=O) groups excluding carboxylic acids is 1. The predicted octanol–water partition coefficient (Wildman–Crippen LogP) is 5.10. The molecular formula is C28H25N5O2. The van der Waals surface area contributed by atoms with Crippen LogP contribution in [0.15, 0.2) is 66.7 Å². The summed E-state index contributed by atoms with van der Waals surface area (Å²) < 4.78 is 5.34. The molecule has 35 heavy (non-hydrogen) atoms. The molecule has 0 unspecified atom stereocenters. The summed E-state index contributed by atoms with van der Waals surface area (Å²) in [5, 5.41) is 10.5. The van der Waals surface area contributed by atoms with Gasteiger partial charge in [0.25, 0.3) is 5.91 Å². The predicted molar refractivity (Wildman–Crippen MR) is 136 cm³/mol. The van der Waals surface area contributed by atoms with E-state index in [1.807, 2.05) is 42.5 Å². The Morgan fingerprint density at radius 2 is 1.91 bits per heavy atom. The van der Waals surface area contributed by atoms with E-state index in [-0.39, 0.29) is 5.91 Å². The van der Waals surface area contributed by atoms with Gasteiger partial charge in [0.05, 0.1) is 23.8 Å². The number of ether oxygens (including phenoxy) is 1. The Bertz CT molecular complexity index is 1530. The zero-order valence-electron chi connectivity index (χ0n) is 19.4. The number of hydrogen-bond donors (Lipinski definition) is 3. The highest BCUT2D eigenvalue weighted by atomic mass is 16.5. The summed E-state index contributed by atoms with van der Waals surface area (Å²) in [4.78, 5) is 21.2. The molecule has 174 valence electrons. The van der Waals surface area contributed by atoms with Crippen molar-refractivity contribution in [2.75, 3.05) is 12.4 Å². The van der Waals surface area contributed by atoms with Gasteiger partial charge in [0.2, 0.25) is 0 Å². The molecule has 6 rings (SSSR count). The van der Waals surface area contributed by atoms with Gasteiger partial charge in [0.15, 0.2) is 0 Å². The molecule has 1 aliphatic rings. The monoisotopic (exact) mass is 463 g/mol. The van der Waals surface area contributed by atoms with Crippen LogP contribution in [-0.2, 0) is 25.7 Å². The lowest BCUT2D eigenvalue weighted by Crippen LogP contribution is -2.15. The van der Waals surface area contributed by atoms with Crippen molar-refractivity contribution in [1.82, 2.24) is 20.2 Å². The number of anilines is 1. The molecule has 1 amide bonds. The van der Waals surface area contributed by atoms with Crippen molar-refractivity contribution in [2.24, 2.45) is 0 Å². The van der Waals surface area contributed by atoms with Gasteiger partial charge >= 0.3 is 0 Å². The van der Waals surface area contributed by atoms with Crippen LogP contribution in [0.1, 0.15) is 33.0 Å². The number of methoxy groups -OCH3 is 1. The van der Waals surface area contributed by atoms with Crippen LogP contribution in [0.4, 0.5) is 5.69 Å². The Kier molecular flexibility index (Phi) is 5.29. The third-order valence-electron chi connectivity index (χ3n) is 6.59. The van der Waals surface area contributed by atoms with Gasteiger partial charge in [-0.25, -0.2) is 4.98 Å². The molecule has 7 heteroatoms. The minimum absolute atomic E-state index is 0.195. The van der Waals surface area contributed by atoms with Gasteiger partial charge in [-0.15, -0.1) is 0 Å². The summed E-state index contributed by atoms with van der Waals surface area (Å²) in [6, 6.07) is 22.1. The summed E-state index contributed by atoms with van der Waals surface area (Å²) in [7, 11) is 1.67. The molecule has 2 aromatic heterocycles. The molecule has 1 aliphatic carbocycles. The molecule has 7 nitrogen and oxygen atoms in total. The fourth-order valence-corrected chi connectivity index (χ4v) is 4.77. The maximum atomic E-state index is 13.1. The number of fused-ring (bicyclic) bond motifs is 4. The van der Waals surface area contributed by atoms with Crippen molar-refractivity contribution in [3.05, 3.63) is 94.9 Å². The highest BCUT2D eigenvalue weighted by Crippen LogP contribution is 2.35. The van der Waals surface area contributed by atoms with Crippen molar-refractivity contribution in [3.63, 3.8) is 0 Å². The maximum Gasteiger partial charge on any atom is 0.273 e. The minimum atomic E-state index is -0.195. The Morgan fingerprint density at radius 3 is 2.77 bits per heavy atom. The SMILES string of the molecule is COc1ccc2c(c1)CCc1c-2n[nH]c1C(=O)Nc1ccc2nc(CCc3ccccc3)[nH]c2c1. The summed E-state index contributed by atoms with van der Waals surface area (Å²) in [6.45, 7) is 0. The number of amides is 1. The normalized spacial score (nSPS) is 12.3. The van der Waals surface area contributed by atoms with E-state index < -0.39 is 0 Å². The van der Waals surface area contributed by atoms with Crippen molar-refractivity contribution in [3.8, 4) is 17.0 Å². The third kappa shape index (κ3) is 4.05. The Morgan fingerprint density at radius 1 is 1.03 bits per heavy atom. The molecular weight excluding hydrogens is 438 g/mol. The zero-order chi connectivity index (χ0) is 23.8. The van der Waals surface area contributed by atoms with Crippen LogP contribution in [0.2, 0.25) is 0 Å². The molecule has 0 radical (unpaired) electrons. The number of hydrogen-bond acceptors (Lipinski definition) is 4. The Balaban J connectivity index is 1.19. The van der Waals surface area contributed by atoms with E-state index in [1.165, 1.54) is 11.1 Å². The van der Waals surface area contributed by atoms with E-state index in [9.17, 15) is 4.79 Å². The van der Waals surface area contributed by atoms with Crippen LogP contribution < -0.4 is 10.1 Å². The first-order valence-electron chi connectivity index (χ1n) is 11.8. The van der Waals surface area contributed by atoms with Gasteiger partial charge < -0.3 is 15.0 Å². The number of imidazole rings is 1. The van der Waals surface area contributed by atoms with E-state index >= 15 is 0 Å². The van der Waals surface area contributed by atoms with Gasteiger partial charge in [-0.1, -0.05) is 30.3 Å². The molecule has 0 fully saturated rings. The molecule has 3 aromatic carbocycles. The first kappa shape index (κ1) is 21.2. The fraction of sp³-hybridized carbons (Fsp3) is 0.179. The lowest BCUT2D eigenvalue weighted by atomic mass is 9.89. The molecule has 0 spiro atoms. The van der Waals surface area contributed by atoms with Gasteiger partial charge in [0.1, 0.15) is 17.3 Å². The standard InChI is InChI=1S/C28H25N5O2/c1-35-20-10-12-21-18(15-20)8-11-22-26(21)32-33-27(22)28(34)29-19-9-13-23-24(16-19)31-25(30-23)14-7-17-5-3-2-4-6-17/h2-6,9-10,12-13,15-16H,7-8,11,14H2,1H3,(H,29,34)(H,30,31)(H,32,33). The van der Waals surface area contributed by atoms with Crippen molar-refractivity contribution in [1.29, 1.82) is 0 Å². The summed E-state index contributed by atoms with van der Waals surface area (Å²) >= 11 is 0. The zero-order valence-corrected chi connectivity index (χ0v) is 19.4. The van der Waals surface area contributed by atoms with E-state index in [4.69, 9.17) is 9.72 Å². The summed E-state index contributed by atoms with van der Waals surface area (Å²) in [6.07, 6.45) is 3.34. The molecule has 0 saturated carbocycles. The number of benzene rings is 3. The minimum Gasteiger partial charge on any atom is -0.497 e. The van der Waals surface area contributed by atoms with Crippen molar-refractivity contribution >= 4 is 22.6 Å². The Hall–Kier alpha value is -4.39. The van der Waals surface area contributed by atoms with Crippen LogP contribution >= 0.6 is 0 Å². The van der Waals surface area contributed by atoms with Gasteiger partial charge in [-0.05, 0) is 66.8 Å². The first-order valence-corrected chi connectivity index (χ1v) is 11.8. The molecule has 0 saturated heterocycles. The second-order valence-corrected chi connectivity index (χ2v) is 8.80. The fourth-order valence-electron chi connectivity index (χ4n) is 4.77. The maximum absolute atomic E-state index is 13.1. The van der Waals surface area contributed by atoms with E-state index in [0.29, 0.717) is 11.4 Å². The van der Waals surface area contributed by atoms with E-state index in [2.05, 4.69) is 44.8 Å². The molecule has 2 heterocycles. The molecule has 3 N–H and O–H groups in total. The Labute approximate surface area is 202 Å². The number of nitrogens with zero attached hydrogens (tertiary/aromatic N) is 2. The second-order valence-electron chi connectivity index (χ2n) is 8.80. The number of H-pyrrole nitrogens is 2. The quantitative estimate of drug-likeness (QED) is 0.327. The third-order valence-corrected chi connectivity index (χ3v) is 6.59. The average Bonchev–Trinajstić information content (AvgIpc) is 3.51. The van der Waals surface area contributed by atoms with Crippen molar-refractivity contribution in [2.45, 2.75) is 25.7 Å². The number of aryl methyl sites for hydroxylation is 3. The van der Waals surface area contributed by atoms with Crippen LogP contribution in [0.5, 0.6) is 5.75 Å². The van der Waals surface area contributed by atoms with Crippen LogP contribution in [0, 0.1) is 0 Å². The van der Waals surface area contributed by atoms with Gasteiger partial charge in [0, 0.05) is 23.2 Å². The highest BCUT2D eigenvalue weighted by molar-refractivity contribution is 6.05. The smallest absolute Gasteiger partial charge is 0.273 e. The largest absolute Gasteiger partial charge is 0.497 e. The lowest BCUT2D eigenvalue weighted by Gasteiger charge is -2.17. The molecule has 0 atom stereocenters. The molecule has 0 bridgehead atoms. The summed E-state index contributed by atoms with van der Waals surface area (Å²) in [5.41, 5.74) is 8.31. The van der Waals surface area contributed by atoms with E-state index in [1.54, 1.807) is 7.11 Å². The first-order chi connectivity index (χ1) is 17.2. The highest BCUT2D eigenvalue weighted by Gasteiger charge is 2.25. The van der Waals surface area contributed by atoms with Crippen molar-refractivity contribution < 1.29 is 9.53 Å². The lowest BCUT2D eigenvalue weighted by molar-refractivity contribution is 0.102. The van der Waals surface area contributed by atoms with Gasteiger partial charge in [-0.2, -0.15) is 5.10 Å². The number of nitrogens with one attached hydrogen (secondary N) is 3. The number of aromatic nitrogens is 4. The number of rotatable bonds is 6. The van der Waals surface area contributed by atoms with Gasteiger partial charge in [-0.3, -0.25) is 9.89 Å². The number of carbonyl (C=O) groups is 1. The molecule has 5 aromatic rings. The summed E-state index contributed by atoms with van der Waals surface area (Å²) in [5.74, 6) is 1.57.